The van der Waals surface area contributed by atoms with E-state index in [9.17, 15) is 9.18 Å². The van der Waals surface area contributed by atoms with Gasteiger partial charge < -0.3 is 10.6 Å². The lowest BCUT2D eigenvalue weighted by molar-refractivity contribution is 0.102. The Morgan fingerprint density at radius 2 is 1.90 bits per heavy atom. The number of nitrogens with one attached hydrogen (secondary N) is 2. The first-order valence-corrected chi connectivity index (χ1v) is 6.69. The number of benzene rings is 1. The first-order valence-electron chi connectivity index (χ1n) is 6.69. The number of carbonyl (C=O) groups is 1. The highest BCUT2D eigenvalue weighted by Gasteiger charge is 2.08. The first-order chi connectivity index (χ1) is 10.0. The Morgan fingerprint density at radius 1 is 1.19 bits per heavy atom. The van der Waals surface area contributed by atoms with Gasteiger partial charge in [-0.25, -0.2) is 4.39 Å². The predicted molar refractivity (Wildman–Crippen MR) is 79.7 cm³/mol. The van der Waals surface area contributed by atoms with Crippen molar-refractivity contribution in [2.24, 2.45) is 5.92 Å². The number of rotatable bonds is 5. The van der Waals surface area contributed by atoms with Gasteiger partial charge in [-0.3, -0.25) is 4.79 Å². The van der Waals surface area contributed by atoms with E-state index >= 15 is 0 Å². The van der Waals surface area contributed by atoms with E-state index in [1.807, 2.05) is 0 Å². The van der Waals surface area contributed by atoms with Gasteiger partial charge in [0, 0.05) is 12.1 Å². The number of amides is 1. The van der Waals surface area contributed by atoms with E-state index in [1.165, 1.54) is 24.3 Å². The SMILES string of the molecule is CC(C)CNc1ccc(NC(=O)c2cccc(F)c2)nn1. The second-order valence-electron chi connectivity index (χ2n) is 5.04. The molecule has 0 spiro atoms. The van der Waals surface area contributed by atoms with Gasteiger partial charge in [-0.15, -0.1) is 10.2 Å². The van der Waals surface area contributed by atoms with Gasteiger partial charge in [0.05, 0.1) is 0 Å². The molecule has 2 aromatic rings. The van der Waals surface area contributed by atoms with Crippen molar-refractivity contribution in [3.05, 3.63) is 47.8 Å². The summed E-state index contributed by atoms with van der Waals surface area (Å²) < 4.78 is 13.1. The number of halogens is 1. The van der Waals surface area contributed by atoms with Crippen LogP contribution < -0.4 is 10.6 Å². The summed E-state index contributed by atoms with van der Waals surface area (Å²) in [5.74, 6) is 0.583. The Hall–Kier alpha value is -2.50. The summed E-state index contributed by atoms with van der Waals surface area (Å²) in [6.45, 7) is 4.98. The van der Waals surface area contributed by atoms with Crippen molar-refractivity contribution in [2.45, 2.75) is 13.8 Å². The molecule has 21 heavy (non-hydrogen) atoms. The number of hydrogen-bond acceptors (Lipinski definition) is 4. The van der Waals surface area contributed by atoms with E-state index in [-0.39, 0.29) is 5.56 Å². The summed E-state index contributed by atoms with van der Waals surface area (Å²) in [4.78, 5) is 11.9. The smallest absolute Gasteiger partial charge is 0.256 e. The molecule has 0 aliphatic heterocycles. The highest BCUT2D eigenvalue weighted by molar-refractivity contribution is 6.03. The second kappa shape index (κ2) is 6.78. The zero-order chi connectivity index (χ0) is 15.2. The minimum absolute atomic E-state index is 0.235. The summed E-state index contributed by atoms with van der Waals surface area (Å²) >= 11 is 0. The van der Waals surface area contributed by atoms with Crippen molar-refractivity contribution in [1.29, 1.82) is 0 Å². The maximum atomic E-state index is 13.1. The molecule has 0 saturated carbocycles. The van der Waals surface area contributed by atoms with Gasteiger partial charge in [-0.2, -0.15) is 0 Å². The Morgan fingerprint density at radius 3 is 2.52 bits per heavy atom. The highest BCUT2D eigenvalue weighted by Crippen LogP contribution is 2.10. The third-order valence-corrected chi connectivity index (χ3v) is 2.68. The van der Waals surface area contributed by atoms with Crippen LogP contribution in [0.1, 0.15) is 24.2 Å². The van der Waals surface area contributed by atoms with E-state index < -0.39 is 11.7 Å². The Kier molecular flexibility index (Phi) is 4.81. The molecule has 0 radical (unpaired) electrons. The molecule has 1 aromatic heterocycles. The fraction of sp³-hybridized carbons (Fsp3) is 0.267. The van der Waals surface area contributed by atoms with Crippen LogP contribution in [0.2, 0.25) is 0 Å². The van der Waals surface area contributed by atoms with Crippen LogP contribution in [0.25, 0.3) is 0 Å². The fourth-order valence-corrected chi connectivity index (χ4v) is 1.62. The topological polar surface area (TPSA) is 66.9 Å². The molecule has 1 aromatic carbocycles. The summed E-state index contributed by atoms with van der Waals surface area (Å²) in [5.41, 5.74) is 0.235. The van der Waals surface area contributed by atoms with Crippen LogP contribution in [0.5, 0.6) is 0 Å². The zero-order valence-electron chi connectivity index (χ0n) is 11.9. The molecule has 2 N–H and O–H groups in total. The van der Waals surface area contributed by atoms with E-state index in [0.717, 1.165) is 6.54 Å². The van der Waals surface area contributed by atoms with Crippen LogP contribution in [0.4, 0.5) is 16.0 Å². The van der Waals surface area contributed by atoms with Crippen molar-refractivity contribution < 1.29 is 9.18 Å². The standard InChI is InChI=1S/C15H17FN4O/c1-10(2)9-17-13-6-7-14(20-19-13)18-15(21)11-4-3-5-12(16)8-11/h3-8,10H,9H2,1-2H3,(H,17,19)(H,18,20,21). The average Bonchev–Trinajstić information content (AvgIpc) is 2.46. The normalized spacial score (nSPS) is 10.5. The van der Waals surface area contributed by atoms with E-state index in [4.69, 9.17) is 0 Å². The third kappa shape index (κ3) is 4.52. The minimum Gasteiger partial charge on any atom is -0.368 e. The Labute approximate surface area is 122 Å². The molecule has 6 heteroatoms. The molecule has 0 unspecified atom stereocenters. The Balaban J connectivity index is 1.98. The van der Waals surface area contributed by atoms with Gasteiger partial charge in [0.2, 0.25) is 0 Å². The molecule has 1 heterocycles. The van der Waals surface area contributed by atoms with Gasteiger partial charge in [0.25, 0.3) is 5.91 Å². The maximum absolute atomic E-state index is 13.1. The molecule has 2 rings (SSSR count). The Bertz CT molecular complexity index is 613. The molecule has 1 amide bonds. The fourth-order valence-electron chi connectivity index (χ4n) is 1.62. The minimum atomic E-state index is -0.457. The van der Waals surface area contributed by atoms with E-state index in [1.54, 1.807) is 12.1 Å². The molecule has 0 saturated heterocycles. The zero-order valence-corrected chi connectivity index (χ0v) is 11.9. The van der Waals surface area contributed by atoms with Crippen molar-refractivity contribution in [3.63, 3.8) is 0 Å². The number of anilines is 2. The highest BCUT2D eigenvalue weighted by atomic mass is 19.1. The van der Waals surface area contributed by atoms with Crippen LogP contribution in [-0.2, 0) is 0 Å². The summed E-state index contributed by atoms with van der Waals surface area (Å²) in [6.07, 6.45) is 0. The van der Waals surface area contributed by atoms with Gasteiger partial charge in [0.1, 0.15) is 11.6 Å². The molecule has 0 bridgehead atoms. The lowest BCUT2D eigenvalue weighted by Crippen LogP contribution is -2.14. The van der Waals surface area contributed by atoms with Gasteiger partial charge in [0.15, 0.2) is 5.82 Å². The van der Waals surface area contributed by atoms with Crippen molar-refractivity contribution in [2.75, 3.05) is 17.2 Å². The van der Waals surface area contributed by atoms with Crippen LogP contribution in [-0.4, -0.2) is 22.6 Å². The first kappa shape index (κ1) is 14.9. The molecule has 5 nitrogen and oxygen atoms in total. The summed E-state index contributed by atoms with van der Waals surface area (Å²) in [6, 6.07) is 8.84. The average molecular weight is 288 g/mol. The molecule has 110 valence electrons. The van der Waals surface area contributed by atoms with Crippen LogP contribution >= 0.6 is 0 Å². The molecule has 0 fully saturated rings. The molecule has 0 aliphatic rings. The van der Waals surface area contributed by atoms with Crippen molar-refractivity contribution in [1.82, 2.24) is 10.2 Å². The van der Waals surface area contributed by atoms with E-state index in [2.05, 4.69) is 34.7 Å². The predicted octanol–water partition coefficient (Wildman–Crippen LogP) is 2.94. The largest absolute Gasteiger partial charge is 0.368 e. The summed E-state index contributed by atoms with van der Waals surface area (Å²) in [7, 11) is 0. The lowest BCUT2D eigenvalue weighted by Gasteiger charge is -2.08. The number of hydrogen-bond donors (Lipinski definition) is 2. The van der Waals surface area contributed by atoms with Gasteiger partial charge in [-0.1, -0.05) is 19.9 Å². The quantitative estimate of drug-likeness (QED) is 0.887. The number of aromatic nitrogens is 2. The molecule has 0 atom stereocenters. The molecular formula is C15H17FN4O. The van der Waals surface area contributed by atoms with Crippen LogP contribution in [0.15, 0.2) is 36.4 Å². The third-order valence-electron chi connectivity index (χ3n) is 2.68. The van der Waals surface area contributed by atoms with Crippen molar-refractivity contribution in [3.8, 4) is 0 Å². The van der Waals surface area contributed by atoms with Crippen molar-refractivity contribution >= 4 is 17.5 Å². The molecular weight excluding hydrogens is 271 g/mol. The van der Waals surface area contributed by atoms with Gasteiger partial charge >= 0.3 is 0 Å². The van der Waals surface area contributed by atoms with E-state index in [0.29, 0.717) is 17.6 Å². The monoisotopic (exact) mass is 288 g/mol. The second-order valence-corrected chi connectivity index (χ2v) is 5.04. The lowest BCUT2D eigenvalue weighted by atomic mass is 10.2. The van der Waals surface area contributed by atoms with Crippen LogP contribution in [0.3, 0.4) is 0 Å². The number of nitrogens with zero attached hydrogens (tertiary/aromatic N) is 2. The van der Waals surface area contributed by atoms with Crippen LogP contribution in [0, 0.1) is 11.7 Å². The maximum Gasteiger partial charge on any atom is 0.256 e. The molecule has 0 aliphatic carbocycles. The summed E-state index contributed by atoms with van der Waals surface area (Å²) in [5, 5.41) is 13.6. The van der Waals surface area contributed by atoms with Gasteiger partial charge in [-0.05, 0) is 36.2 Å². The number of carbonyl (C=O) groups excluding carboxylic acids is 1.